The first kappa shape index (κ1) is 21.6. The van der Waals surface area contributed by atoms with Crippen molar-refractivity contribution in [1.29, 1.82) is 0 Å². The van der Waals surface area contributed by atoms with E-state index < -0.39 is 6.04 Å². The molecule has 1 aromatic heterocycles. The predicted octanol–water partition coefficient (Wildman–Crippen LogP) is 3.94. The number of carbonyl (C=O) groups excluding carboxylic acids is 2. The minimum atomic E-state index is -0.523. The number of carbonyl (C=O) groups is 2. The zero-order chi connectivity index (χ0) is 22.9. The fraction of sp³-hybridized carbons (Fsp3) is 0.375. The van der Waals surface area contributed by atoms with E-state index in [0.717, 1.165) is 31.2 Å². The molecular weight excluding hydrogens is 440 g/mol. The summed E-state index contributed by atoms with van der Waals surface area (Å²) in [5, 5.41) is 15.1. The Balaban J connectivity index is 1.41. The number of anilines is 1. The Morgan fingerprint density at radius 1 is 1.09 bits per heavy atom. The largest absolute Gasteiger partial charge is 0.324 e. The van der Waals surface area contributed by atoms with Crippen molar-refractivity contribution in [1.82, 2.24) is 25.1 Å². The van der Waals surface area contributed by atoms with Crippen molar-refractivity contribution in [3.05, 3.63) is 59.1 Å². The summed E-state index contributed by atoms with van der Waals surface area (Å²) in [4.78, 5) is 28.8. The van der Waals surface area contributed by atoms with E-state index in [1.165, 1.54) is 0 Å². The van der Waals surface area contributed by atoms with Crippen LogP contribution in [0.2, 0.25) is 5.02 Å². The lowest BCUT2D eigenvalue weighted by molar-refractivity contribution is -0.120. The van der Waals surface area contributed by atoms with Crippen LogP contribution in [0.3, 0.4) is 0 Å². The van der Waals surface area contributed by atoms with Gasteiger partial charge >= 0.3 is 0 Å². The Morgan fingerprint density at radius 2 is 1.91 bits per heavy atom. The summed E-state index contributed by atoms with van der Waals surface area (Å²) >= 11 is 6.14. The summed E-state index contributed by atoms with van der Waals surface area (Å²) in [5.41, 5.74) is 1.96. The number of benzene rings is 2. The highest BCUT2D eigenvalue weighted by Gasteiger charge is 2.47. The molecule has 2 aliphatic rings. The Morgan fingerprint density at radius 3 is 2.70 bits per heavy atom. The zero-order valence-corrected chi connectivity index (χ0v) is 19.1. The number of nitrogens with zero attached hydrogens (tertiary/aromatic N) is 5. The summed E-state index contributed by atoms with van der Waals surface area (Å²) in [6, 6.07) is 13.9. The lowest BCUT2D eigenvalue weighted by atomic mass is 9.84. The van der Waals surface area contributed by atoms with Crippen LogP contribution in [-0.4, -0.2) is 49.0 Å². The van der Waals surface area contributed by atoms with Crippen LogP contribution < -0.4 is 5.32 Å². The maximum atomic E-state index is 13.5. The molecule has 1 saturated heterocycles. The fourth-order valence-corrected chi connectivity index (χ4v) is 5.38. The fourth-order valence-electron chi connectivity index (χ4n) is 5.19. The normalized spacial score (nSPS) is 22.1. The highest BCUT2D eigenvalue weighted by Crippen LogP contribution is 2.41. The van der Waals surface area contributed by atoms with E-state index >= 15 is 0 Å². The van der Waals surface area contributed by atoms with Gasteiger partial charge in [0.1, 0.15) is 6.04 Å². The maximum Gasteiger partial charge on any atom is 0.254 e. The first-order valence-corrected chi connectivity index (χ1v) is 11.6. The van der Waals surface area contributed by atoms with Crippen molar-refractivity contribution < 1.29 is 9.59 Å². The van der Waals surface area contributed by atoms with Gasteiger partial charge in [-0.1, -0.05) is 42.6 Å². The van der Waals surface area contributed by atoms with E-state index in [4.69, 9.17) is 11.6 Å². The van der Waals surface area contributed by atoms with Crippen LogP contribution in [0.15, 0.2) is 48.5 Å². The standard InChI is InChI=1S/C24H25ClN6O2/c1-30-22(27-28-29-30)16-7-5-10-19(13-16)26-23(32)21-14-15-6-2-3-11-20(15)31(21)24(33)17-8-4-9-18(25)12-17/h4-5,7-10,12-13,15,20-21H,2-3,6,11,14H2,1H3,(H,26,32)/t15-,20+,21+/m1/s1. The van der Waals surface area contributed by atoms with Gasteiger partial charge < -0.3 is 10.2 Å². The van der Waals surface area contributed by atoms with Gasteiger partial charge in [0, 0.05) is 34.9 Å². The van der Waals surface area contributed by atoms with E-state index in [0.29, 0.717) is 34.4 Å². The Bertz CT molecular complexity index is 1190. The second-order valence-corrected chi connectivity index (χ2v) is 9.22. The number of aromatic nitrogens is 4. The molecule has 2 heterocycles. The smallest absolute Gasteiger partial charge is 0.254 e. The Kier molecular flexibility index (Phi) is 5.85. The third-order valence-corrected chi connectivity index (χ3v) is 6.94. The molecule has 5 rings (SSSR count). The Labute approximate surface area is 196 Å². The number of amides is 2. The van der Waals surface area contributed by atoms with Gasteiger partial charge in [-0.3, -0.25) is 9.59 Å². The van der Waals surface area contributed by atoms with Crippen molar-refractivity contribution in [2.24, 2.45) is 13.0 Å². The molecule has 0 bridgehead atoms. The zero-order valence-electron chi connectivity index (χ0n) is 18.3. The predicted molar refractivity (Wildman–Crippen MR) is 125 cm³/mol. The van der Waals surface area contributed by atoms with Gasteiger partial charge in [0.15, 0.2) is 5.82 Å². The molecule has 3 atom stereocenters. The van der Waals surface area contributed by atoms with Gasteiger partial charge in [-0.05, 0) is 65.9 Å². The number of hydrogen-bond donors (Lipinski definition) is 1. The van der Waals surface area contributed by atoms with E-state index in [1.54, 1.807) is 40.9 Å². The number of likely N-dealkylation sites (tertiary alicyclic amines) is 1. The molecular formula is C24H25ClN6O2. The van der Waals surface area contributed by atoms with Gasteiger partial charge in [-0.25, -0.2) is 4.68 Å². The van der Waals surface area contributed by atoms with Crippen LogP contribution in [0.1, 0.15) is 42.5 Å². The van der Waals surface area contributed by atoms with E-state index in [9.17, 15) is 9.59 Å². The molecule has 3 aromatic rings. The first-order chi connectivity index (χ1) is 16.0. The minimum absolute atomic E-state index is 0.0806. The monoisotopic (exact) mass is 464 g/mol. The van der Waals surface area contributed by atoms with Gasteiger partial charge in [0.25, 0.3) is 5.91 Å². The first-order valence-electron chi connectivity index (χ1n) is 11.2. The molecule has 33 heavy (non-hydrogen) atoms. The molecule has 0 spiro atoms. The summed E-state index contributed by atoms with van der Waals surface area (Å²) in [6.45, 7) is 0. The highest BCUT2D eigenvalue weighted by molar-refractivity contribution is 6.31. The van der Waals surface area contributed by atoms with E-state index in [-0.39, 0.29) is 17.9 Å². The molecule has 1 aliphatic heterocycles. The number of aryl methyl sites for hydroxylation is 1. The number of hydrogen-bond acceptors (Lipinski definition) is 5. The Hall–Kier alpha value is -3.26. The average molecular weight is 465 g/mol. The molecule has 8 nitrogen and oxygen atoms in total. The van der Waals surface area contributed by atoms with Crippen LogP contribution in [0.25, 0.3) is 11.4 Å². The van der Waals surface area contributed by atoms with Crippen LogP contribution in [0.5, 0.6) is 0 Å². The molecule has 2 fully saturated rings. The van der Waals surface area contributed by atoms with Crippen molar-refractivity contribution >= 4 is 29.1 Å². The molecule has 1 aliphatic carbocycles. The lowest BCUT2D eigenvalue weighted by Gasteiger charge is -2.33. The van der Waals surface area contributed by atoms with Crippen molar-refractivity contribution in [2.75, 3.05) is 5.32 Å². The maximum absolute atomic E-state index is 13.5. The van der Waals surface area contributed by atoms with Crippen LogP contribution >= 0.6 is 11.6 Å². The minimum Gasteiger partial charge on any atom is -0.324 e. The summed E-state index contributed by atoms with van der Waals surface area (Å²) in [7, 11) is 1.76. The van der Waals surface area contributed by atoms with Crippen LogP contribution in [0.4, 0.5) is 5.69 Å². The third kappa shape index (κ3) is 4.23. The van der Waals surface area contributed by atoms with E-state index in [2.05, 4.69) is 20.8 Å². The summed E-state index contributed by atoms with van der Waals surface area (Å²) < 4.78 is 1.58. The van der Waals surface area contributed by atoms with Crippen LogP contribution in [0, 0.1) is 5.92 Å². The van der Waals surface area contributed by atoms with E-state index in [1.807, 2.05) is 24.3 Å². The number of rotatable bonds is 4. The van der Waals surface area contributed by atoms with Gasteiger partial charge in [-0.2, -0.15) is 0 Å². The second kappa shape index (κ2) is 8.94. The molecule has 1 N–H and O–H groups in total. The average Bonchev–Trinajstić information content (AvgIpc) is 3.42. The topological polar surface area (TPSA) is 93.0 Å². The lowest BCUT2D eigenvalue weighted by Crippen LogP contribution is -2.47. The third-order valence-electron chi connectivity index (χ3n) is 6.71. The molecule has 170 valence electrons. The number of tetrazole rings is 1. The SMILES string of the molecule is Cn1nnnc1-c1cccc(NC(=O)[C@@H]2C[C@H]3CCCC[C@@H]3N2C(=O)c2cccc(Cl)c2)c1. The van der Waals surface area contributed by atoms with Crippen molar-refractivity contribution in [3.8, 4) is 11.4 Å². The molecule has 9 heteroatoms. The van der Waals surface area contributed by atoms with Gasteiger partial charge in [0.2, 0.25) is 5.91 Å². The molecule has 0 unspecified atom stereocenters. The highest BCUT2D eigenvalue weighted by atomic mass is 35.5. The molecule has 0 radical (unpaired) electrons. The van der Waals surface area contributed by atoms with Gasteiger partial charge in [0.05, 0.1) is 0 Å². The number of halogens is 1. The van der Waals surface area contributed by atoms with Crippen LogP contribution in [-0.2, 0) is 11.8 Å². The van der Waals surface area contributed by atoms with Crippen molar-refractivity contribution in [2.45, 2.75) is 44.2 Å². The van der Waals surface area contributed by atoms with Gasteiger partial charge in [-0.15, -0.1) is 5.10 Å². The molecule has 2 aromatic carbocycles. The van der Waals surface area contributed by atoms with Crippen molar-refractivity contribution in [3.63, 3.8) is 0 Å². The quantitative estimate of drug-likeness (QED) is 0.631. The number of nitrogens with one attached hydrogen (secondary N) is 1. The molecule has 2 amide bonds. The summed E-state index contributed by atoms with van der Waals surface area (Å²) in [6.07, 6.45) is 4.86. The number of fused-ring (bicyclic) bond motifs is 1. The summed E-state index contributed by atoms with van der Waals surface area (Å²) in [5.74, 6) is 0.642. The second-order valence-electron chi connectivity index (χ2n) is 8.78. The molecule has 1 saturated carbocycles.